The van der Waals surface area contributed by atoms with Crippen LogP contribution >= 0.6 is 0 Å². The van der Waals surface area contributed by atoms with Crippen LogP contribution in [0.15, 0.2) is 0 Å². The summed E-state index contributed by atoms with van der Waals surface area (Å²) in [5, 5.41) is 3.52. The van der Waals surface area contributed by atoms with E-state index in [4.69, 9.17) is 5.73 Å². The zero-order valence-corrected chi connectivity index (χ0v) is 16.7. The van der Waals surface area contributed by atoms with Gasteiger partial charge in [-0.05, 0) is 25.3 Å². The maximum Gasteiger partial charge on any atom is 0.218 e. The summed E-state index contributed by atoms with van der Waals surface area (Å²) >= 11 is 0. The molecular weight excluding hydrogens is 296 g/mol. The number of carbonyl (C=O) groups excluding carboxylic acids is 1. The summed E-state index contributed by atoms with van der Waals surface area (Å²) in [6.07, 6.45) is 17.7. The predicted molar refractivity (Wildman–Crippen MR) is 106 cm³/mol. The molecule has 0 rings (SSSR count). The van der Waals surface area contributed by atoms with Crippen molar-refractivity contribution in [1.29, 1.82) is 0 Å². The van der Waals surface area contributed by atoms with Gasteiger partial charge in [-0.15, -0.1) is 0 Å². The fraction of sp³-hybridized carbons (Fsp3) is 0.952. The van der Waals surface area contributed by atoms with Crippen LogP contribution in [0.1, 0.15) is 111 Å². The van der Waals surface area contributed by atoms with Crippen molar-refractivity contribution in [1.82, 2.24) is 5.32 Å². The van der Waals surface area contributed by atoms with Crippen molar-refractivity contribution in [2.75, 3.05) is 6.54 Å². The number of unbranched alkanes of at least 4 members (excludes halogenated alkanes) is 10. The second-order valence-electron chi connectivity index (χ2n) is 7.83. The van der Waals surface area contributed by atoms with Gasteiger partial charge in [0.1, 0.15) is 0 Å². The van der Waals surface area contributed by atoms with Crippen LogP contribution in [0.25, 0.3) is 0 Å². The number of carbonyl (C=O) groups is 1. The summed E-state index contributed by atoms with van der Waals surface area (Å²) in [4.78, 5) is 11.2. The standard InChI is InChI=1S/C21H44N2O/c1-4-5-6-7-8-9-10-11-12-13-14-15-20(18-21(22)24)23-17-16-19(2)3/h19-20,23H,4-18H2,1-3H3,(H2,22,24)/t20-/m0/s1. The monoisotopic (exact) mass is 340 g/mol. The summed E-state index contributed by atoms with van der Waals surface area (Å²) in [5.41, 5.74) is 5.37. The van der Waals surface area contributed by atoms with E-state index in [1.807, 2.05) is 0 Å². The number of nitrogens with two attached hydrogens (primary N) is 1. The molecule has 0 spiro atoms. The average Bonchev–Trinajstić information content (AvgIpc) is 2.51. The molecule has 0 fully saturated rings. The zero-order valence-electron chi connectivity index (χ0n) is 16.7. The Balaban J connectivity index is 3.52. The summed E-state index contributed by atoms with van der Waals surface area (Å²) < 4.78 is 0. The van der Waals surface area contributed by atoms with Gasteiger partial charge in [0.25, 0.3) is 0 Å². The minimum Gasteiger partial charge on any atom is -0.370 e. The van der Waals surface area contributed by atoms with Crippen LogP contribution in [-0.4, -0.2) is 18.5 Å². The van der Waals surface area contributed by atoms with Crippen LogP contribution in [0.4, 0.5) is 0 Å². The van der Waals surface area contributed by atoms with Crippen LogP contribution in [0, 0.1) is 5.92 Å². The summed E-state index contributed by atoms with van der Waals surface area (Å²) in [5.74, 6) is 0.522. The molecule has 0 saturated carbocycles. The number of rotatable bonds is 18. The Morgan fingerprint density at radius 2 is 1.33 bits per heavy atom. The lowest BCUT2D eigenvalue weighted by Crippen LogP contribution is -2.34. The lowest BCUT2D eigenvalue weighted by Gasteiger charge is -2.18. The van der Waals surface area contributed by atoms with Crippen LogP contribution in [0.3, 0.4) is 0 Å². The Bertz CT molecular complexity index is 279. The molecule has 0 aliphatic heterocycles. The van der Waals surface area contributed by atoms with Gasteiger partial charge in [0.15, 0.2) is 0 Å². The first-order chi connectivity index (χ1) is 11.6. The van der Waals surface area contributed by atoms with Crippen molar-refractivity contribution >= 4 is 5.91 Å². The first-order valence-corrected chi connectivity index (χ1v) is 10.6. The second kappa shape index (κ2) is 17.3. The molecule has 144 valence electrons. The van der Waals surface area contributed by atoms with Crippen molar-refractivity contribution in [2.24, 2.45) is 11.7 Å². The van der Waals surface area contributed by atoms with Gasteiger partial charge in [-0.1, -0.05) is 91.4 Å². The van der Waals surface area contributed by atoms with E-state index in [-0.39, 0.29) is 11.9 Å². The smallest absolute Gasteiger partial charge is 0.218 e. The number of primary amides is 1. The van der Waals surface area contributed by atoms with Gasteiger partial charge in [-0.25, -0.2) is 0 Å². The molecule has 1 amide bonds. The highest BCUT2D eigenvalue weighted by atomic mass is 16.1. The Kier molecular flexibility index (Phi) is 16.8. The van der Waals surface area contributed by atoms with Gasteiger partial charge >= 0.3 is 0 Å². The van der Waals surface area contributed by atoms with Gasteiger partial charge in [0.05, 0.1) is 0 Å². The fourth-order valence-electron chi connectivity index (χ4n) is 3.15. The maximum atomic E-state index is 11.2. The van der Waals surface area contributed by atoms with Crippen LogP contribution in [-0.2, 0) is 4.79 Å². The van der Waals surface area contributed by atoms with Crippen molar-refractivity contribution in [3.63, 3.8) is 0 Å². The van der Waals surface area contributed by atoms with Crippen molar-refractivity contribution in [3.05, 3.63) is 0 Å². The third-order valence-electron chi connectivity index (χ3n) is 4.76. The van der Waals surface area contributed by atoms with Gasteiger partial charge < -0.3 is 11.1 Å². The highest BCUT2D eigenvalue weighted by Gasteiger charge is 2.11. The molecule has 3 heteroatoms. The molecule has 3 nitrogen and oxygen atoms in total. The van der Waals surface area contributed by atoms with Gasteiger partial charge in [0.2, 0.25) is 5.91 Å². The van der Waals surface area contributed by atoms with E-state index < -0.39 is 0 Å². The zero-order chi connectivity index (χ0) is 18.0. The number of hydrogen-bond donors (Lipinski definition) is 2. The van der Waals surface area contributed by atoms with Crippen LogP contribution in [0.5, 0.6) is 0 Å². The molecule has 0 aromatic carbocycles. The molecule has 0 bridgehead atoms. The Labute approximate surface area is 151 Å². The van der Waals surface area contributed by atoms with Crippen molar-refractivity contribution in [3.8, 4) is 0 Å². The van der Waals surface area contributed by atoms with E-state index in [0.717, 1.165) is 19.4 Å². The van der Waals surface area contributed by atoms with Crippen LogP contribution < -0.4 is 11.1 Å². The Morgan fingerprint density at radius 3 is 1.79 bits per heavy atom. The first kappa shape index (κ1) is 23.4. The first-order valence-electron chi connectivity index (χ1n) is 10.6. The molecular formula is C21H44N2O. The quantitative estimate of drug-likeness (QED) is 0.321. The normalized spacial score (nSPS) is 12.7. The number of hydrogen-bond acceptors (Lipinski definition) is 2. The predicted octanol–water partition coefficient (Wildman–Crippen LogP) is 5.57. The summed E-state index contributed by atoms with van der Waals surface area (Å²) in [6.45, 7) is 7.73. The van der Waals surface area contributed by atoms with E-state index in [1.54, 1.807) is 0 Å². The van der Waals surface area contributed by atoms with Crippen LogP contribution in [0.2, 0.25) is 0 Å². The second-order valence-corrected chi connectivity index (χ2v) is 7.83. The highest BCUT2D eigenvalue weighted by molar-refractivity contribution is 5.74. The van der Waals surface area contributed by atoms with Crippen molar-refractivity contribution < 1.29 is 4.79 Å². The lowest BCUT2D eigenvalue weighted by molar-refractivity contribution is -0.118. The largest absolute Gasteiger partial charge is 0.370 e. The topological polar surface area (TPSA) is 55.1 Å². The molecule has 0 aliphatic rings. The average molecular weight is 341 g/mol. The number of nitrogens with one attached hydrogen (secondary N) is 1. The molecule has 0 radical (unpaired) electrons. The molecule has 0 saturated heterocycles. The minimum absolute atomic E-state index is 0.180. The third kappa shape index (κ3) is 17.8. The van der Waals surface area contributed by atoms with Gasteiger partial charge in [0, 0.05) is 12.5 Å². The minimum atomic E-state index is -0.180. The highest BCUT2D eigenvalue weighted by Crippen LogP contribution is 2.13. The molecule has 0 aromatic heterocycles. The third-order valence-corrected chi connectivity index (χ3v) is 4.76. The van der Waals surface area contributed by atoms with E-state index >= 15 is 0 Å². The maximum absolute atomic E-state index is 11.2. The molecule has 0 aliphatic carbocycles. The molecule has 3 N–H and O–H groups in total. The molecule has 1 atom stereocenters. The van der Waals surface area contributed by atoms with Gasteiger partial charge in [-0.3, -0.25) is 4.79 Å². The Hall–Kier alpha value is -0.570. The van der Waals surface area contributed by atoms with E-state index in [9.17, 15) is 4.79 Å². The van der Waals surface area contributed by atoms with Gasteiger partial charge in [-0.2, -0.15) is 0 Å². The van der Waals surface area contributed by atoms with Crippen molar-refractivity contribution in [2.45, 2.75) is 117 Å². The molecule has 0 heterocycles. The summed E-state index contributed by atoms with van der Waals surface area (Å²) in [7, 11) is 0. The number of amides is 1. The van der Waals surface area contributed by atoms with E-state index in [1.165, 1.54) is 70.6 Å². The fourth-order valence-corrected chi connectivity index (χ4v) is 3.15. The molecule has 0 unspecified atom stereocenters. The molecule has 24 heavy (non-hydrogen) atoms. The summed E-state index contributed by atoms with van der Waals surface area (Å²) in [6, 6.07) is 0.278. The SMILES string of the molecule is CCCCCCCCCCCCC[C@@H](CC(N)=O)NCCC(C)C. The molecule has 0 aromatic rings. The lowest BCUT2D eigenvalue weighted by atomic mass is 10.0. The van der Waals surface area contributed by atoms with E-state index in [2.05, 4.69) is 26.1 Å². The Morgan fingerprint density at radius 1 is 0.833 bits per heavy atom. The van der Waals surface area contributed by atoms with E-state index in [0.29, 0.717) is 12.3 Å².